The van der Waals surface area contributed by atoms with Crippen molar-refractivity contribution in [2.45, 2.75) is 25.9 Å². The van der Waals surface area contributed by atoms with Crippen molar-refractivity contribution in [3.05, 3.63) is 0 Å². The third-order valence-corrected chi connectivity index (χ3v) is 3.09. The lowest BCUT2D eigenvalue weighted by Gasteiger charge is -2.32. The lowest BCUT2D eigenvalue weighted by atomic mass is 10.2. The fraction of sp³-hybridized carbons (Fsp3) is 0.846. The number of amides is 3. The van der Waals surface area contributed by atoms with E-state index in [1.807, 2.05) is 18.9 Å². The molecule has 0 saturated carbocycles. The largest absolute Gasteiger partial charge is 0.374 e. The van der Waals surface area contributed by atoms with Gasteiger partial charge < -0.3 is 15.4 Å². The van der Waals surface area contributed by atoms with Crippen LogP contribution in [-0.4, -0.2) is 69.3 Å². The molecule has 1 atom stereocenters. The number of hydrogen-bond donors (Lipinski definition) is 3. The summed E-state index contributed by atoms with van der Waals surface area (Å²) in [5.74, 6) is -0.274. The molecule has 0 bridgehead atoms. The summed E-state index contributed by atoms with van der Waals surface area (Å²) >= 11 is 0. The number of nitrogens with zero attached hydrogens (tertiary/aromatic N) is 1. The van der Waals surface area contributed by atoms with E-state index >= 15 is 0 Å². The van der Waals surface area contributed by atoms with Gasteiger partial charge in [0.1, 0.15) is 0 Å². The van der Waals surface area contributed by atoms with Gasteiger partial charge in [0.2, 0.25) is 5.91 Å². The summed E-state index contributed by atoms with van der Waals surface area (Å²) < 4.78 is 5.56. The summed E-state index contributed by atoms with van der Waals surface area (Å²) in [7, 11) is 1.87. The Bertz CT molecular complexity index is 310. The van der Waals surface area contributed by atoms with E-state index in [1.165, 1.54) is 0 Å². The van der Waals surface area contributed by atoms with Crippen LogP contribution in [0.3, 0.4) is 0 Å². The second kappa shape index (κ2) is 9.68. The van der Waals surface area contributed by atoms with Crippen molar-refractivity contribution in [2.75, 3.05) is 46.4 Å². The van der Waals surface area contributed by atoms with Gasteiger partial charge in [0.25, 0.3) is 0 Å². The van der Waals surface area contributed by atoms with E-state index in [0.717, 1.165) is 19.4 Å². The Morgan fingerprint density at radius 2 is 2.20 bits per heavy atom. The predicted molar refractivity (Wildman–Crippen MR) is 76.6 cm³/mol. The standard InChI is InChI=1S/C13H26N4O3/c1-3-4-5-15-13(19)16-12(18)10-17-6-7-20-11(9-17)8-14-2/h11,14H,3-10H2,1-2H3,(H2,15,16,18,19). The van der Waals surface area contributed by atoms with Crippen molar-refractivity contribution >= 4 is 11.9 Å². The maximum Gasteiger partial charge on any atom is 0.321 e. The van der Waals surface area contributed by atoms with Crippen molar-refractivity contribution in [1.82, 2.24) is 20.9 Å². The highest BCUT2D eigenvalue weighted by Gasteiger charge is 2.22. The number of unbranched alkanes of at least 4 members (excludes halogenated alkanes) is 1. The van der Waals surface area contributed by atoms with Crippen LogP contribution in [0, 0.1) is 0 Å². The molecule has 1 heterocycles. The SMILES string of the molecule is CCCCNC(=O)NC(=O)CN1CCOC(CNC)C1. The summed E-state index contributed by atoms with van der Waals surface area (Å²) in [4.78, 5) is 25.2. The number of ether oxygens (including phenoxy) is 1. The molecule has 1 unspecified atom stereocenters. The van der Waals surface area contributed by atoms with E-state index in [4.69, 9.17) is 4.74 Å². The molecule has 0 aromatic heterocycles. The first-order valence-corrected chi connectivity index (χ1v) is 7.22. The van der Waals surface area contributed by atoms with E-state index in [1.54, 1.807) is 0 Å². The summed E-state index contributed by atoms with van der Waals surface area (Å²) in [6, 6.07) is -0.413. The summed E-state index contributed by atoms with van der Waals surface area (Å²) in [5.41, 5.74) is 0. The highest BCUT2D eigenvalue weighted by molar-refractivity contribution is 5.95. The smallest absolute Gasteiger partial charge is 0.321 e. The van der Waals surface area contributed by atoms with Crippen molar-refractivity contribution in [3.63, 3.8) is 0 Å². The summed E-state index contributed by atoms with van der Waals surface area (Å²) in [6.07, 6.45) is 2.02. The fourth-order valence-corrected chi connectivity index (χ4v) is 2.07. The van der Waals surface area contributed by atoms with Gasteiger partial charge in [0, 0.05) is 26.2 Å². The molecular weight excluding hydrogens is 260 g/mol. The number of nitrogens with one attached hydrogen (secondary N) is 3. The molecule has 1 aliphatic rings. The zero-order valence-electron chi connectivity index (χ0n) is 12.4. The molecule has 0 aliphatic carbocycles. The molecule has 0 radical (unpaired) electrons. The normalized spacial score (nSPS) is 19.6. The molecule has 20 heavy (non-hydrogen) atoms. The maximum atomic E-state index is 11.7. The fourth-order valence-electron chi connectivity index (χ4n) is 2.07. The molecule has 116 valence electrons. The molecular formula is C13H26N4O3. The lowest BCUT2D eigenvalue weighted by Crippen LogP contribution is -2.51. The highest BCUT2D eigenvalue weighted by Crippen LogP contribution is 2.03. The predicted octanol–water partition coefficient (Wildman–Crippen LogP) is -0.467. The molecule has 1 fully saturated rings. The molecule has 7 nitrogen and oxygen atoms in total. The van der Waals surface area contributed by atoms with Gasteiger partial charge in [-0.2, -0.15) is 0 Å². The van der Waals surface area contributed by atoms with Gasteiger partial charge >= 0.3 is 6.03 Å². The quantitative estimate of drug-likeness (QED) is 0.551. The van der Waals surface area contributed by atoms with Crippen LogP contribution in [0.15, 0.2) is 0 Å². The van der Waals surface area contributed by atoms with Crippen LogP contribution >= 0.6 is 0 Å². The number of imide groups is 1. The van der Waals surface area contributed by atoms with Gasteiger partial charge in [-0.15, -0.1) is 0 Å². The first-order chi connectivity index (χ1) is 9.65. The van der Waals surface area contributed by atoms with Gasteiger partial charge in [-0.25, -0.2) is 4.79 Å². The first kappa shape index (κ1) is 16.9. The second-order valence-electron chi connectivity index (χ2n) is 4.94. The molecule has 0 aromatic rings. The van der Waals surface area contributed by atoms with E-state index in [0.29, 0.717) is 26.2 Å². The number of morpholine rings is 1. The summed E-state index contributed by atoms with van der Waals surface area (Å²) in [5, 5.41) is 8.06. The van der Waals surface area contributed by atoms with Gasteiger partial charge in [-0.1, -0.05) is 13.3 Å². The Hall–Kier alpha value is -1.18. The molecule has 7 heteroatoms. The molecule has 0 spiro atoms. The minimum absolute atomic E-state index is 0.0972. The maximum absolute atomic E-state index is 11.7. The van der Waals surface area contributed by atoms with Crippen LogP contribution in [0.25, 0.3) is 0 Å². The van der Waals surface area contributed by atoms with Crippen molar-refractivity contribution in [2.24, 2.45) is 0 Å². The average molecular weight is 286 g/mol. The van der Waals surface area contributed by atoms with Gasteiger partial charge in [0.05, 0.1) is 19.3 Å². The molecule has 0 aromatic carbocycles. The number of likely N-dealkylation sites (N-methyl/N-ethyl adjacent to an activating group) is 1. The monoisotopic (exact) mass is 286 g/mol. The first-order valence-electron chi connectivity index (χ1n) is 7.22. The van der Waals surface area contributed by atoms with Crippen molar-refractivity contribution in [3.8, 4) is 0 Å². The Balaban J connectivity index is 2.22. The Morgan fingerprint density at radius 3 is 2.90 bits per heavy atom. The van der Waals surface area contributed by atoms with Crippen molar-refractivity contribution < 1.29 is 14.3 Å². The third kappa shape index (κ3) is 6.83. The third-order valence-electron chi connectivity index (χ3n) is 3.09. The van der Waals surface area contributed by atoms with Gasteiger partial charge in [0.15, 0.2) is 0 Å². The van der Waals surface area contributed by atoms with Crippen LogP contribution in [0.5, 0.6) is 0 Å². The molecule has 3 N–H and O–H groups in total. The second-order valence-corrected chi connectivity index (χ2v) is 4.94. The number of rotatable bonds is 7. The van der Waals surface area contributed by atoms with Crippen molar-refractivity contribution in [1.29, 1.82) is 0 Å². The van der Waals surface area contributed by atoms with Crippen LogP contribution in [0.1, 0.15) is 19.8 Å². The Kier molecular flexibility index (Phi) is 8.17. The van der Waals surface area contributed by atoms with Crippen LogP contribution in [-0.2, 0) is 9.53 Å². The van der Waals surface area contributed by atoms with E-state index in [2.05, 4.69) is 16.0 Å². The highest BCUT2D eigenvalue weighted by atomic mass is 16.5. The zero-order chi connectivity index (χ0) is 14.8. The number of carbonyl (C=O) groups is 2. The van der Waals surface area contributed by atoms with Crippen LogP contribution in [0.4, 0.5) is 4.79 Å². The Labute approximate surface area is 120 Å². The van der Waals surface area contributed by atoms with E-state index < -0.39 is 6.03 Å². The Morgan fingerprint density at radius 1 is 1.40 bits per heavy atom. The van der Waals surface area contributed by atoms with Crippen LogP contribution < -0.4 is 16.0 Å². The number of urea groups is 1. The van der Waals surface area contributed by atoms with Crippen LogP contribution in [0.2, 0.25) is 0 Å². The lowest BCUT2D eigenvalue weighted by molar-refractivity contribution is -0.123. The molecule has 1 rings (SSSR count). The molecule has 3 amide bonds. The zero-order valence-corrected chi connectivity index (χ0v) is 12.4. The average Bonchev–Trinajstić information content (AvgIpc) is 2.39. The number of hydrogen-bond acceptors (Lipinski definition) is 5. The minimum atomic E-state index is -0.413. The molecule has 1 saturated heterocycles. The minimum Gasteiger partial charge on any atom is -0.374 e. The summed E-state index contributed by atoms with van der Waals surface area (Å²) in [6.45, 7) is 5.65. The van der Waals surface area contributed by atoms with E-state index in [-0.39, 0.29) is 18.6 Å². The topological polar surface area (TPSA) is 82.7 Å². The number of carbonyl (C=O) groups excluding carboxylic acids is 2. The van der Waals surface area contributed by atoms with Gasteiger partial charge in [-0.3, -0.25) is 15.0 Å². The van der Waals surface area contributed by atoms with E-state index in [9.17, 15) is 9.59 Å². The molecule has 1 aliphatic heterocycles. The van der Waals surface area contributed by atoms with Gasteiger partial charge in [-0.05, 0) is 13.5 Å².